The van der Waals surface area contributed by atoms with Crippen LogP contribution in [0.3, 0.4) is 0 Å². The number of anilines is 1. The van der Waals surface area contributed by atoms with Gasteiger partial charge in [0, 0.05) is 19.3 Å². The molecule has 0 heterocycles. The zero-order chi connectivity index (χ0) is 10.4. The van der Waals surface area contributed by atoms with Gasteiger partial charge in [0.1, 0.15) is 5.75 Å². The highest BCUT2D eigenvalue weighted by atomic mass is 79.9. The zero-order valence-electron chi connectivity index (χ0n) is 8.34. The summed E-state index contributed by atoms with van der Waals surface area (Å²) in [5, 5.41) is 3.23. The lowest BCUT2D eigenvalue weighted by Crippen LogP contribution is -2.07. The summed E-state index contributed by atoms with van der Waals surface area (Å²) in [6, 6.07) is 5.87. The maximum atomic E-state index is 5.13. The molecule has 0 amide bonds. The number of benzene rings is 1. The van der Waals surface area contributed by atoms with E-state index in [0.29, 0.717) is 6.61 Å². The molecule has 78 valence electrons. The molecule has 0 saturated carbocycles. The quantitative estimate of drug-likeness (QED) is 0.825. The minimum atomic E-state index is 0.698. The van der Waals surface area contributed by atoms with Crippen molar-refractivity contribution in [2.45, 2.75) is 0 Å². The molecule has 0 saturated heterocycles. The molecule has 1 rings (SSSR count). The van der Waals surface area contributed by atoms with E-state index in [1.807, 2.05) is 18.2 Å². The van der Waals surface area contributed by atoms with E-state index >= 15 is 0 Å². The molecule has 0 fully saturated rings. The first-order valence-corrected chi connectivity index (χ1v) is 5.13. The lowest BCUT2D eigenvalue weighted by Gasteiger charge is -2.08. The molecular weight excluding hydrogens is 246 g/mol. The van der Waals surface area contributed by atoms with Crippen LogP contribution in [-0.2, 0) is 4.74 Å². The van der Waals surface area contributed by atoms with Gasteiger partial charge in [-0.15, -0.1) is 0 Å². The Morgan fingerprint density at radius 2 is 2.14 bits per heavy atom. The Morgan fingerprint density at radius 1 is 1.36 bits per heavy atom. The lowest BCUT2D eigenvalue weighted by molar-refractivity contribution is 0.211. The molecule has 14 heavy (non-hydrogen) atoms. The molecule has 0 spiro atoms. The monoisotopic (exact) mass is 259 g/mol. The fourth-order valence-corrected chi connectivity index (χ4v) is 1.61. The minimum absolute atomic E-state index is 0.698. The molecule has 0 aliphatic heterocycles. The number of rotatable bonds is 5. The molecule has 0 unspecified atom stereocenters. The van der Waals surface area contributed by atoms with Crippen LogP contribution in [0.25, 0.3) is 0 Å². The van der Waals surface area contributed by atoms with Crippen LogP contribution in [0.5, 0.6) is 5.75 Å². The number of ether oxygens (including phenoxy) is 2. The first kappa shape index (κ1) is 11.3. The Morgan fingerprint density at radius 3 is 2.71 bits per heavy atom. The minimum Gasteiger partial charge on any atom is -0.496 e. The molecule has 1 aromatic carbocycles. The average molecular weight is 260 g/mol. The molecule has 4 heteroatoms. The summed E-state index contributed by atoms with van der Waals surface area (Å²) in [6.07, 6.45) is 0. The summed E-state index contributed by atoms with van der Waals surface area (Å²) >= 11 is 3.42. The third-order valence-electron chi connectivity index (χ3n) is 1.79. The van der Waals surface area contributed by atoms with Crippen molar-refractivity contribution < 1.29 is 9.47 Å². The Balaban J connectivity index is 2.57. The summed E-state index contributed by atoms with van der Waals surface area (Å²) in [7, 11) is 3.34. The van der Waals surface area contributed by atoms with E-state index in [2.05, 4.69) is 21.2 Å². The van der Waals surface area contributed by atoms with Crippen LogP contribution in [0.1, 0.15) is 0 Å². The van der Waals surface area contributed by atoms with Crippen molar-refractivity contribution in [2.75, 3.05) is 32.7 Å². The van der Waals surface area contributed by atoms with Crippen molar-refractivity contribution in [1.82, 2.24) is 0 Å². The van der Waals surface area contributed by atoms with Gasteiger partial charge in [-0.25, -0.2) is 0 Å². The Hall–Kier alpha value is -0.740. The average Bonchev–Trinajstić information content (AvgIpc) is 2.18. The van der Waals surface area contributed by atoms with E-state index in [1.54, 1.807) is 14.2 Å². The van der Waals surface area contributed by atoms with E-state index in [9.17, 15) is 0 Å². The maximum Gasteiger partial charge on any atom is 0.133 e. The van der Waals surface area contributed by atoms with Crippen LogP contribution in [-0.4, -0.2) is 27.4 Å². The highest BCUT2D eigenvalue weighted by Gasteiger charge is 2.00. The van der Waals surface area contributed by atoms with Gasteiger partial charge in [-0.1, -0.05) is 0 Å². The Labute approximate surface area is 92.5 Å². The largest absolute Gasteiger partial charge is 0.496 e. The molecule has 0 atom stereocenters. The predicted molar refractivity (Wildman–Crippen MR) is 61.1 cm³/mol. The summed E-state index contributed by atoms with van der Waals surface area (Å²) in [6.45, 7) is 1.50. The van der Waals surface area contributed by atoms with Gasteiger partial charge in [0.05, 0.1) is 18.2 Å². The smallest absolute Gasteiger partial charge is 0.133 e. The van der Waals surface area contributed by atoms with Crippen molar-refractivity contribution >= 4 is 21.6 Å². The highest BCUT2D eigenvalue weighted by Crippen LogP contribution is 2.27. The van der Waals surface area contributed by atoms with Crippen molar-refractivity contribution in [3.63, 3.8) is 0 Å². The van der Waals surface area contributed by atoms with E-state index in [4.69, 9.17) is 9.47 Å². The molecule has 1 aromatic rings. The van der Waals surface area contributed by atoms with Crippen molar-refractivity contribution in [2.24, 2.45) is 0 Å². The maximum absolute atomic E-state index is 5.13. The summed E-state index contributed by atoms with van der Waals surface area (Å²) in [5.74, 6) is 0.835. The molecule has 0 radical (unpaired) electrons. The second-order valence-electron chi connectivity index (χ2n) is 2.77. The van der Waals surface area contributed by atoms with Gasteiger partial charge in [-0.3, -0.25) is 0 Å². The van der Waals surface area contributed by atoms with Crippen molar-refractivity contribution in [3.05, 3.63) is 22.7 Å². The molecule has 3 nitrogen and oxygen atoms in total. The van der Waals surface area contributed by atoms with Gasteiger partial charge < -0.3 is 14.8 Å². The fraction of sp³-hybridized carbons (Fsp3) is 0.400. The number of methoxy groups -OCH3 is 2. The standard InChI is InChI=1S/C10H14BrNO2/c1-13-6-5-12-8-3-4-10(14-2)9(11)7-8/h3-4,7,12H,5-6H2,1-2H3. The first-order chi connectivity index (χ1) is 6.77. The van der Waals surface area contributed by atoms with E-state index in [-0.39, 0.29) is 0 Å². The van der Waals surface area contributed by atoms with Crippen LogP contribution in [0.4, 0.5) is 5.69 Å². The summed E-state index contributed by atoms with van der Waals surface area (Å²) in [5.41, 5.74) is 1.05. The lowest BCUT2D eigenvalue weighted by atomic mass is 10.3. The van der Waals surface area contributed by atoms with Crippen LogP contribution in [0.2, 0.25) is 0 Å². The number of hydrogen-bond acceptors (Lipinski definition) is 3. The summed E-state index contributed by atoms with van der Waals surface area (Å²) in [4.78, 5) is 0. The zero-order valence-corrected chi connectivity index (χ0v) is 9.93. The van der Waals surface area contributed by atoms with Crippen molar-refractivity contribution in [3.8, 4) is 5.75 Å². The van der Waals surface area contributed by atoms with Crippen LogP contribution >= 0.6 is 15.9 Å². The van der Waals surface area contributed by atoms with Crippen LogP contribution in [0, 0.1) is 0 Å². The molecule has 0 aliphatic rings. The van der Waals surface area contributed by atoms with Crippen LogP contribution in [0.15, 0.2) is 22.7 Å². The number of hydrogen-bond donors (Lipinski definition) is 1. The van der Waals surface area contributed by atoms with E-state index < -0.39 is 0 Å². The molecule has 1 N–H and O–H groups in total. The number of halogens is 1. The van der Waals surface area contributed by atoms with E-state index in [1.165, 1.54) is 0 Å². The molecule has 0 bridgehead atoms. The molecule has 0 aromatic heterocycles. The first-order valence-electron chi connectivity index (χ1n) is 4.34. The topological polar surface area (TPSA) is 30.5 Å². The normalized spacial score (nSPS) is 9.93. The van der Waals surface area contributed by atoms with Gasteiger partial charge in [0.2, 0.25) is 0 Å². The molecular formula is C10H14BrNO2. The van der Waals surface area contributed by atoms with Gasteiger partial charge in [-0.05, 0) is 34.1 Å². The molecule has 0 aliphatic carbocycles. The second kappa shape index (κ2) is 5.88. The Kier molecular flexibility index (Phi) is 4.76. The van der Waals surface area contributed by atoms with E-state index in [0.717, 1.165) is 22.5 Å². The highest BCUT2D eigenvalue weighted by molar-refractivity contribution is 9.10. The predicted octanol–water partition coefficient (Wildman–Crippen LogP) is 2.52. The van der Waals surface area contributed by atoms with Gasteiger partial charge in [0.25, 0.3) is 0 Å². The third-order valence-corrected chi connectivity index (χ3v) is 2.41. The van der Waals surface area contributed by atoms with Crippen molar-refractivity contribution in [1.29, 1.82) is 0 Å². The van der Waals surface area contributed by atoms with Gasteiger partial charge in [-0.2, -0.15) is 0 Å². The fourth-order valence-electron chi connectivity index (χ4n) is 1.07. The van der Waals surface area contributed by atoms with Crippen LogP contribution < -0.4 is 10.1 Å². The third kappa shape index (κ3) is 3.20. The Bertz CT molecular complexity index is 291. The van der Waals surface area contributed by atoms with Gasteiger partial charge >= 0.3 is 0 Å². The summed E-state index contributed by atoms with van der Waals surface area (Å²) < 4.78 is 11.0. The second-order valence-corrected chi connectivity index (χ2v) is 3.62. The number of nitrogens with one attached hydrogen (secondary N) is 1. The SMILES string of the molecule is COCCNc1ccc(OC)c(Br)c1. The van der Waals surface area contributed by atoms with Gasteiger partial charge in [0.15, 0.2) is 0 Å².